The van der Waals surface area contributed by atoms with Gasteiger partial charge in [0.25, 0.3) is 5.78 Å². The summed E-state index contributed by atoms with van der Waals surface area (Å²) in [7, 11) is 0. The molecule has 2 aromatic heterocycles. The van der Waals surface area contributed by atoms with Crippen molar-refractivity contribution in [2.75, 3.05) is 0 Å². The van der Waals surface area contributed by atoms with Gasteiger partial charge in [-0.2, -0.15) is 10.1 Å². The molecule has 0 fully saturated rings. The van der Waals surface area contributed by atoms with Crippen LogP contribution in [0.5, 0.6) is 5.75 Å². The lowest BCUT2D eigenvalue weighted by Crippen LogP contribution is -2.27. The largest absolute Gasteiger partial charge is 0.573 e. The standard InChI is InChI=1S/C19H20F3N5O2/c1-11(14-4-6-15(7-5-14)29-19(20,21)22)25-17(28)9-8-16-12(2)26-18-23-10-24-27(18)13(16)3/h4-7,10-11H,8-9H2,1-3H3,(H,25,28). The molecule has 7 nitrogen and oxygen atoms in total. The van der Waals surface area contributed by atoms with Crippen LogP contribution in [0.25, 0.3) is 5.78 Å². The molecular formula is C19H20F3N5O2. The van der Waals surface area contributed by atoms with Crippen molar-refractivity contribution in [2.24, 2.45) is 0 Å². The van der Waals surface area contributed by atoms with Crippen molar-refractivity contribution >= 4 is 11.7 Å². The number of hydrogen-bond donors (Lipinski definition) is 1. The Morgan fingerprint density at radius 2 is 1.93 bits per heavy atom. The highest BCUT2D eigenvalue weighted by molar-refractivity contribution is 5.76. The van der Waals surface area contributed by atoms with Gasteiger partial charge in [-0.1, -0.05) is 12.1 Å². The molecule has 1 aromatic carbocycles. The van der Waals surface area contributed by atoms with Crippen molar-refractivity contribution in [3.05, 3.63) is 53.1 Å². The highest BCUT2D eigenvalue weighted by Gasteiger charge is 2.31. The Bertz CT molecular complexity index is 1020. The van der Waals surface area contributed by atoms with Crippen molar-refractivity contribution in [1.82, 2.24) is 24.9 Å². The van der Waals surface area contributed by atoms with Crippen molar-refractivity contribution in [3.63, 3.8) is 0 Å². The maximum absolute atomic E-state index is 12.4. The predicted molar refractivity (Wildman–Crippen MR) is 98.3 cm³/mol. The van der Waals surface area contributed by atoms with Gasteiger partial charge in [0.15, 0.2) is 0 Å². The number of fused-ring (bicyclic) bond motifs is 1. The van der Waals surface area contributed by atoms with E-state index in [1.807, 2.05) is 13.8 Å². The van der Waals surface area contributed by atoms with E-state index >= 15 is 0 Å². The first kappa shape index (κ1) is 20.6. The lowest BCUT2D eigenvalue weighted by atomic mass is 10.1. The van der Waals surface area contributed by atoms with Crippen LogP contribution < -0.4 is 10.1 Å². The quantitative estimate of drug-likeness (QED) is 0.677. The first-order valence-corrected chi connectivity index (χ1v) is 8.95. The molecule has 0 bridgehead atoms. The number of halogens is 3. The van der Waals surface area contributed by atoms with E-state index < -0.39 is 6.36 Å². The summed E-state index contributed by atoms with van der Waals surface area (Å²) < 4.78 is 42.2. The van der Waals surface area contributed by atoms with Gasteiger partial charge in [-0.25, -0.2) is 9.50 Å². The topological polar surface area (TPSA) is 81.4 Å². The number of ether oxygens (including phenoxy) is 1. The second kappa shape index (κ2) is 8.06. The molecule has 2 heterocycles. The molecule has 3 aromatic rings. The van der Waals surface area contributed by atoms with Crippen LogP contribution in [0.1, 0.15) is 41.9 Å². The molecule has 0 aliphatic carbocycles. The zero-order valence-corrected chi connectivity index (χ0v) is 16.1. The molecule has 3 rings (SSSR count). The summed E-state index contributed by atoms with van der Waals surface area (Å²) in [6.45, 7) is 5.52. The number of aryl methyl sites for hydroxylation is 2. The summed E-state index contributed by atoms with van der Waals surface area (Å²) in [4.78, 5) is 20.8. The molecule has 1 atom stereocenters. The molecule has 0 saturated heterocycles. The van der Waals surface area contributed by atoms with Crippen molar-refractivity contribution in [2.45, 2.75) is 46.0 Å². The summed E-state index contributed by atoms with van der Waals surface area (Å²) >= 11 is 0. The number of carbonyl (C=O) groups excluding carboxylic acids is 1. The van der Waals surface area contributed by atoms with E-state index in [4.69, 9.17) is 0 Å². The average molecular weight is 407 g/mol. The van der Waals surface area contributed by atoms with Gasteiger partial charge in [-0.05, 0) is 50.5 Å². The lowest BCUT2D eigenvalue weighted by Gasteiger charge is -2.16. The Morgan fingerprint density at radius 3 is 2.59 bits per heavy atom. The SMILES string of the molecule is Cc1nc2ncnn2c(C)c1CCC(=O)NC(C)c1ccc(OC(F)(F)F)cc1. The molecular weight excluding hydrogens is 387 g/mol. The number of amides is 1. The van der Waals surface area contributed by atoms with Gasteiger partial charge in [0.1, 0.15) is 12.1 Å². The van der Waals surface area contributed by atoms with Crippen molar-refractivity contribution in [3.8, 4) is 5.75 Å². The number of nitrogens with one attached hydrogen (secondary N) is 1. The fourth-order valence-corrected chi connectivity index (χ4v) is 3.11. The van der Waals surface area contributed by atoms with E-state index in [0.717, 1.165) is 17.0 Å². The van der Waals surface area contributed by atoms with E-state index in [0.29, 0.717) is 17.8 Å². The maximum Gasteiger partial charge on any atom is 0.573 e. The van der Waals surface area contributed by atoms with Crippen LogP contribution in [0.2, 0.25) is 0 Å². The summed E-state index contributed by atoms with van der Waals surface area (Å²) in [6, 6.07) is 5.06. The number of alkyl halides is 3. The third-order valence-electron chi connectivity index (χ3n) is 4.58. The summed E-state index contributed by atoms with van der Waals surface area (Å²) in [5.74, 6) is 0.0344. The van der Waals surface area contributed by atoms with Gasteiger partial charge in [-0.15, -0.1) is 13.2 Å². The molecule has 154 valence electrons. The van der Waals surface area contributed by atoms with Gasteiger partial charge < -0.3 is 10.1 Å². The third kappa shape index (κ3) is 5.01. The highest BCUT2D eigenvalue weighted by atomic mass is 19.4. The fourth-order valence-electron chi connectivity index (χ4n) is 3.11. The smallest absolute Gasteiger partial charge is 0.406 e. The molecule has 1 amide bonds. The molecule has 1 unspecified atom stereocenters. The van der Waals surface area contributed by atoms with Crippen LogP contribution in [0.3, 0.4) is 0 Å². The monoisotopic (exact) mass is 407 g/mol. The van der Waals surface area contributed by atoms with E-state index in [9.17, 15) is 18.0 Å². The normalized spacial score (nSPS) is 12.8. The summed E-state index contributed by atoms with van der Waals surface area (Å²) in [5, 5.41) is 6.97. The lowest BCUT2D eigenvalue weighted by molar-refractivity contribution is -0.274. The number of aromatic nitrogens is 4. The van der Waals surface area contributed by atoms with Crippen LogP contribution in [-0.4, -0.2) is 31.9 Å². The molecule has 0 spiro atoms. The minimum Gasteiger partial charge on any atom is -0.406 e. The van der Waals surface area contributed by atoms with Crippen LogP contribution in [0.15, 0.2) is 30.6 Å². The summed E-state index contributed by atoms with van der Waals surface area (Å²) in [6.07, 6.45) is -2.58. The molecule has 0 aliphatic rings. The minimum absolute atomic E-state index is 0.175. The first-order valence-electron chi connectivity index (χ1n) is 8.95. The fraction of sp³-hybridized carbons (Fsp3) is 0.368. The van der Waals surface area contributed by atoms with Crippen LogP contribution in [0.4, 0.5) is 13.2 Å². The van der Waals surface area contributed by atoms with Crippen LogP contribution in [0, 0.1) is 13.8 Å². The van der Waals surface area contributed by atoms with Gasteiger partial charge >= 0.3 is 6.36 Å². The number of hydrogen-bond acceptors (Lipinski definition) is 5. The predicted octanol–water partition coefficient (Wildman–Crippen LogP) is 3.45. The Labute approximate surface area is 164 Å². The van der Waals surface area contributed by atoms with E-state index in [1.165, 1.54) is 30.6 Å². The maximum atomic E-state index is 12.4. The molecule has 1 N–H and O–H groups in total. The highest BCUT2D eigenvalue weighted by Crippen LogP contribution is 2.24. The Kier molecular flexibility index (Phi) is 5.71. The molecule has 0 radical (unpaired) electrons. The Morgan fingerprint density at radius 1 is 1.24 bits per heavy atom. The van der Waals surface area contributed by atoms with Gasteiger partial charge in [0.05, 0.1) is 6.04 Å². The number of carbonyl (C=O) groups is 1. The average Bonchev–Trinajstić information content (AvgIpc) is 3.09. The zero-order chi connectivity index (χ0) is 21.2. The van der Waals surface area contributed by atoms with Gasteiger partial charge in [0.2, 0.25) is 5.91 Å². The van der Waals surface area contributed by atoms with E-state index in [1.54, 1.807) is 11.4 Å². The number of benzene rings is 1. The minimum atomic E-state index is -4.73. The van der Waals surface area contributed by atoms with Crippen molar-refractivity contribution < 1.29 is 22.7 Å². The molecule has 10 heteroatoms. The van der Waals surface area contributed by atoms with Crippen LogP contribution >= 0.6 is 0 Å². The first-order chi connectivity index (χ1) is 13.6. The van der Waals surface area contributed by atoms with Crippen LogP contribution in [-0.2, 0) is 11.2 Å². The molecule has 0 aliphatic heterocycles. The van der Waals surface area contributed by atoms with E-state index in [-0.39, 0.29) is 24.1 Å². The zero-order valence-electron chi connectivity index (χ0n) is 16.1. The molecule has 0 saturated carbocycles. The number of rotatable bonds is 6. The number of nitrogens with zero attached hydrogens (tertiary/aromatic N) is 4. The second-order valence-electron chi connectivity index (χ2n) is 6.64. The van der Waals surface area contributed by atoms with Crippen molar-refractivity contribution in [1.29, 1.82) is 0 Å². The second-order valence-corrected chi connectivity index (χ2v) is 6.64. The van der Waals surface area contributed by atoms with E-state index in [2.05, 4.69) is 25.1 Å². The summed E-state index contributed by atoms with van der Waals surface area (Å²) in [5.41, 5.74) is 3.28. The van der Waals surface area contributed by atoms with Gasteiger partial charge in [-0.3, -0.25) is 4.79 Å². The molecule has 29 heavy (non-hydrogen) atoms. The Balaban J connectivity index is 1.59. The Hall–Kier alpha value is -3.17. The third-order valence-corrected chi connectivity index (χ3v) is 4.58. The van der Waals surface area contributed by atoms with Gasteiger partial charge in [0, 0.05) is 17.8 Å².